The highest BCUT2D eigenvalue weighted by molar-refractivity contribution is 6.01. The van der Waals surface area contributed by atoms with Gasteiger partial charge in [0, 0.05) is 5.92 Å². The van der Waals surface area contributed by atoms with Crippen molar-refractivity contribution in [2.45, 2.75) is 12.8 Å². The fourth-order valence-electron chi connectivity index (χ4n) is 2.86. The molecule has 0 N–H and O–H groups in total. The van der Waals surface area contributed by atoms with Crippen molar-refractivity contribution in [3.63, 3.8) is 0 Å². The average Bonchev–Trinajstić information content (AvgIpc) is 2.90. The van der Waals surface area contributed by atoms with Crippen molar-refractivity contribution >= 4 is 5.78 Å². The molecule has 0 atom stereocenters. The van der Waals surface area contributed by atoms with Crippen LogP contribution in [0.1, 0.15) is 21.5 Å². The Kier molecular flexibility index (Phi) is 3.26. The molecule has 102 valence electrons. The first-order valence-corrected chi connectivity index (χ1v) is 6.64. The lowest BCUT2D eigenvalue weighted by molar-refractivity contribution is 0.0917. The second-order valence-corrected chi connectivity index (χ2v) is 5.06. The predicted octanol–water partition coefficient (Wildman–Crippen LogP) is 3.43. The molecule has 0 aliphatic heterocycles. The minimum Gasteiger partial charge on any atom is -0.496 e. The minimum absolute atomic E-state index is 0.0767. The van der Waals surface area contributed by atoms with Gasteiger partial charge in [0.15, 0.2) is 5.78 Å². The molecule has 2 nitrogen and oxygen atoms in total. The summed E-state index contributed by atoms with van der Waals surface area (Å²) in [5.74, 6) is -0.564. The van der Waals surface area contributed by atoms with Crippen LogP contribution in [0.2, 0.25) is 0 Å². The molecule has 0 bridgehead atoms. The Morgan fingerprint density at radius 3 is 2.35 bits per heavy atom. The summed E-state index contributed by atoms with van der Waals surface area (Å²) in [5, 5.41) is 0. The van der Waals surface area contributed by atoms with E-state index in [9.17, 15) is 9.18 Å². The van der Waals surface area contributed by atoms with E-state index in [0.717, 1.165) is 0 Å². The molecular weight excluding hydrogens is 255 g/mol. The monoisotopic (exact) mass is 270 g/mol. The number of carbonyl (C=O) groups excluding carboxylic acids is 1. The predicted molar refractivity (Wildman–Crippen MR) is 74.6 cm³/mol. The number of ether oxygens (including phenoxy) is 1. The van der Waals surface area contributed by atoms with Crippen LogP contribution in [0.5, 0.6) is 5.75 Å². The second kappa shape index (κ2) is 5.08. The zero-order valence-corrected chi connectivity index (χ0v) is 11.2. The number of methoxy groups -OCH3 is 1. The lowest BCUT2D eigenvalue weighted by Crippen LogP contribution is -2.17. The van der Waals surface area contributed by atoms with E-state index in [2.05, 4.69) is 0 Å². The Morgan fingerprint density at radius 1 is 1.10 bits per heavy atom. The van der Waals surface area contributed by atoms with Crippen LogP contribution in [-0.2, 0) is 12.8 Å². The maximum absolute atomic E-state index is 14.0. The summed E-state index contributed by atoms with van der Waals surface area (Å²) < 4.78 is 19.1. The molecule has 2 aromatic rings. The van der Waals surface area contributed by atoms with Gasteiger partial charge in [0.05, 0.1) is 12.7 Å². The third-order valence-corrected chi connectivity index (χ3v) is 3.86. The van der Waals surface area contributed by atoms with E-state index in [1.807, 2.05) is 24.3 Å². The maximum atomic E-state index is 14.0. The molecule has 0 saturated carbocycles. The highest BCUT2D eigenvalue weighted by Gasteiger charge is 2.31. The number of rotatable bonds is 3. The van der Waals surface area contributed by atoms with E-state index in [-0.39, 0.29) is 17.3 Å². The Morgan fingerprint density at radius 2 is 1.75 bits per heavy atom. The number of halogens is 1. The summed E-state index contributed by atoms with van der Waals surface area (Å²) >= 11 is 0. The van der Waals surface area contributed by atoms with Gasteiger partial charge in [0.2, 0.25) is 0 Å². The van der Waals surface area contributed by atoms with Crippen LogP contribution in [0, 0.1) is 11.7 Å². The van der Waals surface area contributed by atoms with Crippen molar-refractivity contribution in [1.29, 1.82) is 0 Å². The van der Waals surface area contributed by atoms with Crippen LogP contribution in [0.25, 0.3) is 0 Å². The summed E-state index contributed by atoms with van der Waals surface area (Å²) in [4.78, 5) is 12.6. The first kappa shape index (κ1) is 12.9. The molecule has 0 amide bonds. The topological polar surface area (TPSA) is 26.3 Å². The highest BCUT2D eigenvalue weighted by atomic mass is 19.1. The third kappa shape index (κ3) is 2.09. The molecule has 0 radical (unpaired) electrons. The Bertz CT molecular complexity index is 639. The number of Topliss-reactive ketones (excluding diaryl/α,β-unsaturated/α-hetero) is 1. The summed E-state index contributed by atoms with van der Waals surface area (Å²) in [5.41, 5.74) is 2.44. The molecule has 1 aliphatic carbocycles. The highest BCUT2D eigenvalue weighted by Crippen LogP contribution is 2.32. The summed E-state index contributed by atoms with van der Waals surface area (Å²) in [6, 6.07) is 12.5. The molecule has 2 aromatic carbocycles. The normalized spacial score (nSPS) is 14.1. The maximum Gasteiger partial charge on any atom is 0.173 e. The second-order valence-electron chi connectivity index (χ2n) is 5.06. The Hall–Kier alpha value is -2.16. The molecule has 0 aromatic heterocycles. The van der Waals surface area contributed by atoms with Gasteiger partial charge in [-0.3, -0.25) is 4.79 Å². The summed E-state index contributed by atoms with van der Waals surface area (Å²) in [6.45, 7) is 0. The van der Waals surface area contributed by atoms with Gasteiger partial charge in [0.1, 0.15) is 11.6 Å². The molecule has 0 saturated heterocycles. The molecular formula is C17H15FO2. The Labute approximate surface area is 117 Å². The van der Waals surface area contributed by atoms with Crippen molar-refractivity contribution in [1.82, 2.24) is 0 Å². The van der Waals surface area contributed by atoms with Gasteiger partial charge in [-0.05, 0) is 36.1 Å². The number of benzene rings is 2. The first-order chi connectivity index (χ1) is 9.70. The SMILES string of the molecule is COc1cccc(F)c1C(=O)C1Cc2ccccc2C1. The molecule has 3 rings (SSSR count). The zero-order chi connectivity index (χ0) is 14.1. The van der Waals surface area contributed by atoms with Crippen molar-refractivity contribution in [3.8, 4) is 5.75 Å². The fraction of sp³-hybridized carbons (Fsp3) is 0.235. The van der Waals surface area contributed by atoms with Gasteiger partial charge in [-0.2, -0.15) is 0 Å². The number of carbonyl (C=O) groups is 1. The quantitative estimate of drug-likeness (QED) is 0.799. The van der Waals surface area contributed by atoms with Crippen molar-refractivity contribution in [2.24, 2.45) is 5.92 Å². The van der Waals surface area contributed by atoms with Gasteiger partial charge in [-0.1, -0.05) is 30.3 Å². The van der Waals surface area contributed by atoms with E-state index in [1.165, 1.54) is 24.3 Å². The average molecular weight is 270 g/mol. The van der Waals surface area contributed by atoms with E-state index in [1.54, 1.807) is 12.1 Å². The van der Waals surface area contributed by atoms with E-state index in [0.29, 0.717) is 18.6 Å². The van der Waals surface area contributed by atoms with Crippen LogP contribution in [-0.4, -0.2) is 12.9 Å². The molecule has 0 heterocycles. The minimum atomic E-state index is -0.509. The lowest BCUT2D eigenvalue weighted by atomic mass is 9.94. The van der Waals surface area contributed by atoms with Crippen LogP contribution in [0.15, 0.2) is 42.5 Å². The number of hydrogen-bond acceptors (Lipinski definition) is 2. The summed E-state index contributed by atoms with van der Waals surface area (Å²) in [7, 11) is 1.45. The fourth-order valence-corrected chi connectivity index (χ4v) is 2.86. The van der Waals surface area contributed by atoms with Crippen molar-refractivity contribution in [3.05, 3.63) is 65.0 Å². The first-order valence-electron chi connectivity index (χ1n) is 6.64. The summed E-state index contributed by atoms with van der Waals surface area (Å²) in [6.07, 6.45) is 1.35. The molecule has 20 heavy (non-hydrogen) atoms. The standard InChI is InChI=1S/C17H15FO2/c1-20-15-8-4-7-14(18)16(15)17(19)13-9-11-5-2-3-6-12(11)10-13/h2-8,13H,9-10H2,1H3. The molecule has 0 unspecified atom stereocenters. The van der Waals surface area contributed by atoms with E-state index in [4.69, 9.17) is 4.74 Å². The van der Waals surface area contributed by atoms with Gasteiger partial charge in [0.25, 0.3) is 0 Å². The van der Waals surface area contributed by atoms with Crippen LogP contribution < -0.4 is 4.74 Å². The smallest absolute Gasteiger partial charge is 0.173 e. The third-order valence-electron chi connectivity index (χ3n) is 3.86. The molecule has 0 spiro atoms. The van der Waals surface area contributed by atoms with Crippen molar-refractivity contribution in [2.75, 3.05) is 7.11 Å². The number of fused-ring (bicyclic) bond motifs is 1. The molecule has 1 aliphatic rings. The van der Waals surface area contributed by atoms with Gasteiger partial charge in [-0.25, -0.2) is 4.39 Å². The van der Waals surface area contributed by atoms with E-state index < -0.39 is 5.82 Å². The van der Waals surface area contributed by atoms with Crippen LogP contribution >= 0.6 is 0 Å². The van der Waals surface area contributed by atoms with E-state index >= 15 is 0 Å². The zero-order valence-electron chi connectivity index (χ0n) is 11.2. The largest absolute Gasteiger partial charge is 0.496 e. The molecule has 3 heteroatoms. The van der Waals surface area contributed by atoms with Gasteiger partial charge in [-0.15, -0.1) is 0 Å². The van der Waals surface area contributed by atoms with Crippen LogP contribution in [0.4, 0.5) is 4.39 Å². The lowest BCUT2D eigenvalue weighted by Gasteiger charge is -2.12. The van der Waals surface area contributed by atoms with Crippen molar-refractivity contribution < 1.29 is 13.9 Å². The number of ketones is 1. The van der Waals surface area contributed by atoms with Gasteiger partial charge < -0.3 is 4.74 Å². The van der Waals surface area contributed by atoms with Gasteiger partial charge >= 0.3 is 0 Å². The Balaban J connectivity index is 1.92. The molecule has 0 fully saturated rings. The number of hydrogen-bond donors (Lipinski definition) is 0. The van der Waals surface area contributed by atoms with Crippen LogP contribution in [0.3, 0.4) is 0 Å².